The predicted octanol–water partition coefficient (Wildman–Crippen LogP) is 3.35. The summed E-state index contributed by atoms with van der Waals surface area (Å²) in [6.07, 6.45) is 6.32. The van der Waals surface area contributed by atoms with Gasteiger partial charge in [-0.1, -0.05) is 31.4 Å². The standard InChI is InChI=1S/C17H19ClN2O3/c1-17-5-3-2-4-11(17)15(17)16(21)20-19-8-10-6-13-14(7-12(10)18)23-9-22-13/h6-8,11,15H,2-5,9H2,1H3,(H,20,21)/b19-8-/t11-,15+,17+/m0/s1. The van der Waals surface area contributed by atoms with Crippen LogP contribution >= 0.6 is 11.6 Å². The summed E-state index contributed by atoms with van der Waals surface area (Å²) in [4.78, 5) is 12.3. The molecule has 1 heterocycles. The summed E-state index contributed by atoms with van der Waals surface area (Å²) < 4.78 is 10.6. The van der Waals surface area contributed by atoms with Crippen LogP contribution in [0.1, 0.15) is 38.2 Å². The Hall–Kier alpha value is -1.75. The van der Waals surface area contributed by atoms with Gasteiger partial charge in [-0.3, -0.25) is 4.79 Å². The van der Waals surface area contributed by atoms with E-state index in [1.807, 2.05) is 0 Å². The minimum atomic E-state index is 0.0208. The Kier molecular flexibility index (Phi) is 3.48. The zero-order valence-electron chi connectivity index (χ0n) is 13.0. The van der Waals surface area contributed by atoms with Gasteiger partial charge in [0.25, 0.3) is 0 Å². The Morgan fingerprint density at radius 1 is 1.39 bits per heavy atom. The third kappa shape index (κ3) is 2.47. The average Bonchev–Trinajstić information content (AvgIpc) is 2.91. The van der Waals surface area contributed by atoms with Gasteiger partial charge in [0.05, 0.1) is 11.2 Å². The van der Waals surface area contributed by atoms with Crippen molar-refractivity contribution in [1.82, 2.24) is 5.43 Å². The highest BCUT2D eigenvalue weighted by Crippen LogP contribution is 2.66. The van der Waals surface area contributed by atoms with E-state index in [0.717, 1.165) is 12.8 Å². The summed E-state index contributed by atoms with van der Waals surface area (Å²) in [5.41, 5.74) is 3.55. The lowest BCUT2D eigenvalue weighted by Crippen LogP contribution is -2.22. The van der Waals surface area contributed by atoms with E-state index in [0.29, 0.717) is 28.0 Å². The third-order valence-electron chi connectivity index (χ3n) is 5.48. The van der Waals surface area contributed by atoms with E-state index in [1.165, 1.54) is 12.8 Å². The van der Waals surface area contributed by atoms with Crippen LogP contribution in [0.25, 0.3) is 0 Å². The summed E-state index contributed by atoms with van der Waals surface area (Å²) in [5, 5.41) is 4.59. The summed E-state index contributed by atoms with van der Waals surface area (Å²) in [7, 11) is 0. The molecule has 1 amide bonds. The van der Waals surface area contributed by atoms with Crippen molar-refractivity contribution < 1.29 is 14.3 Å². The van der Waals surface area contributed by atoms with Crippen molar-refractivity contribution in [2.45, 2.75) is 32.6 Å². The van der Waals surface area contributed by atoms with Crippen molar-refractivity contribution >= 4 is 23.7 Å². The van der Waals surface area contributed by atoms with Gasteiger partial charge in [0.1, 0.15) is 0 Å². The zero-order valence-corrected chi connectivity index (χ0v) is 13.7. The van der Waals surface area contributed by atoms with Gasteiger partial charge in [0.2, 0.25) is 12.7 Å². The minimum absolute atomic E-state index is 0.0208. The van der Waals surface area contributed by atoms with Crippen LogP contribution in [-0.2, 0) is 4.79 Å². The van der Waals surface area contributed by atoms with Crippen molar-refractivity contribution in [3.63, 3.8) is 0 Å². The smallest absolute Gasteiger partial charge is 0.244 e. The van der Waals surface area contributed by atoms with Gasteiger partial charge in [-0.15, -0.1) is 0 Å². The number of nitrogens with zero attached hydrogens (tertiary/aromatic N) is 1. The number of fused-ring (bicyclic) bond motifs is 2. The van der Waals surface area contributed by atoms with Crippen molar-refractivity contribution in [1.29, 1.82) is 0 Å². The van der Waals surface area contributed by atoms with Gasteiger partial charge in [-0.05, 0) is 30.2 Å². The number of nitrogens with one attached hydrogen (secondary N) is 1. The van der Waals surface area contributed by atoms with E-state index in [1.54, 1.807) is 18.3 Å². The number of benzene rings is 1. The average molecular weight is 335 g/mol. The van der Waals surface area contributed by atoms with Crippen LogP contribution in [0, 0.1) is 17.3 Å². The number of hydrogen-bond donors (Lipinski definition) is 1. The molecule has 0 bridgehead atoms. The summed E-state index contributed by atoms with van der Waals surface area (Å²) in [5.74, 6) is 1.93. The Morgan fingerprint density at radius 2 is 2.17 bits per heavy atom. The largest absolute Gasteiger partial charge is 0.454 e. The molecular formula is C17H19ClN2O3. The summed E-state index contributed by atoms with van der Waals surface area (Å²) >= 11 is 6.18. The molecule has 1 N–H and O–H groups in total. The van der Waals surface area contributed by atoms with Gasteiger partial charge in [0, 0.05) is 17.5 Å². The SMILES string of the molecule is C[C@@]12CCCC[C@H]1[C@@H]2C(=O)N/N=C\c1cc2c(cc1Cl)OCO2. The topological polar surface area (TPSA) is 59.9 Å². The second-order valence-corrected chi connectivity index (χ2v) is 7.20. The highest BCUT2D eigenvalue weighted by atomic mass is 35.5. The number of carbonyl (C=O) groups is 1. The molecule has 3 atom stereocenters. The predicted molar refractivity (Wildman–Crippen MR) is 86.9 cm³/mol. The maximum absolute atomic E-state index is 12.3. The van der Waals surface area contributed by atoms with Gasteiger partial charge in [-0.25, -0.2) is 5.43 Å². The fourth-order valence-corrected chi connectivity index (χ4v) is 4.32. The lowest BCUT2D eigenvalue weighted by atomic mass is 9.90. The number of carbonyl (C=O) groups excluding carboxylic acids is 1. The van der Waals surface area contributed by atoms with Gasteiger partial charge < -0.3 is 9.47 Å². The van der Waals surface area contributed by atoms with Gasteiger partial charge in [-0.2, -0.15) is 5.10 Å². The third-order valence-corrected chi connectivity index (χ3v) is 5.81. The Bertz CT molecular complexity index is 691. The summed E-state index contributed by atoms with van der Waals surface area (Å²) in [6.45, 7) is 2.42. The fraction of sp³-hybridized carbons (Fsp3) is 0.529. The number of ether oxygens (including phenoxy) is 2. The van der Waals surface area contributed by atoms with Crippen molar-refractivity contribution in [3.8, 4) is 11.5 Å². The molecule has 4 rings (SSSR count). The van der Waals surface area contributed by atoms with Crippen LogP contribution in [0.5, 0.6) is 11.5 Å². The minimum Gasteiger partial charge on any atom is -0.454 e. The number of amides is 1. The Balaban J connectivity index is 1.41. The molecule has 2 saturated carbocycles. The van der Waals surface area contributed by atoms with Crippen molar-refractivity contribution in [3.05, 3.63) is 22.7 Å². The first-order valence-electron chi connectivity index (χ1n) is 8.02. The van der Waals surface area contributed by atoms with Crippen LogP contribution in [0.3, 0.4) is 0 Å². The molecule has 122 valence electrons. The number of halogens is 1. The van der Waals surface area contributed by atoms with Gasteiger partial charge >= 0.3 is 0 Å². The molecule has 1 aromatic rings. The second-order valence-electron chi connectivity index (χ2n) is 6.80. The first-order chi connectivity index (χ1) is 11.1. The second kappa shape index (κ2) is 5.41. The normalized spacial score (nSPS) is 31.0. The number of hydrogen-bond acceptors (Lipinski definition) is 4. The molecule has 0 aromatic heterocycles. The van der Waals surface area contributed by atoms with Gasteiger partial charge in [0.15, 0.2) is 11.5 Å². The molecule has 6 heteroatoms. The van der Waals surface area contributed by atoms with Crippen LogP contribution < -0.4 is 14.9 Å². The highest BCUT2D eigenvalue weighted by molar-refractivity contribution is 6.33. The molecule has 3 aliphatic rings. The van der Waals surface area contributed by atoms with E-state index in [2.05, 4.69) is 17.5 Å². The maximum Gasteiger partial charge on any atom is 0.244 e. The first kappa shape index (κ1) is 14.8. The number of hydrazone groups is 1. The molecule has 0 unspecified atom stereocenters. The molecule has 0 radical (unpaired) electrons. The van der Waals surface area contributed by atoms with Crippen LogP contribution in [0.15, 0.2) is 17.2 Å². The number of rotatable bonds is 3. The highest BCUT2D eigenvalue weighted by Gasteiger charge is 2.64. The van der Waals surface area contributed by atoms with E-state index < -0.39 is 0 Å². The van der Waals surface area contributed by atoms with E-state index in [-0.39, 0.29) is 24.0 Å². The summed E-state index contributed by atoms with van der Waals surface area (Å²) in [6, 6.07) is 3.46. The Morgan fingerprint density at radius 3 is 2.91 bits per heavy atom. The van der Waals surface area contributed by atoms with Crippen LogP contribution in [0.4, 0.5) is 0 Å². The quantitative estimate of drug-likeness (QED) is 0.681. The molecule has 23 heavy (non-hydrogen) atoms. The van der Waals surface area contributed by atoms with Crippen molar-refractivity contribution in [2.24, 2.45) is 22.4 Å². The molecule has 0 saturated heterocycles. The monoisotopic (exact) mass is 334 g/mol. The van der Waals surface area contributed by atoms with E-state index in [4.69, 9.17) is 21.1 Å². The first-order valence-corrected chi connectivity index (χ1v) is 8.39. The molecule has 1 aromatic carbocycles. The van der Waals surface area contributed by atoms with Crippen LogP contribution in [0.2, 0.25) is 5.02 Å². The molecular weight excluding hydrogens is 316 g/mol. The zero-order chi connectivity index (χ0) is 16.0. The lowest BCUT2D eigenvalue weighted by Gasteiger charge is -2.15. The van der Waals surface area contributed by atoms with E-state index in [9.17, 15) is 4.79 Å². The maximum atomic E-state index is 12.3. The van der Waals surface area contributed by atoms with Crippen LogP contribution in [-0.4, -0.2) is 18.9 Å². The molecule has 5 nitrogen and oxygen atoms in total. The Labute approximate surface area is 140 Å². The molecule has 0 spiro atoms. The van der Waals surface area contributed by atoms with Crippen molar-refractivity contribution in [2.75, 3.05) is 6.79 Å². The molecule has 2 fully saturated rings. The fourth-order valence-electron chi connectivity index (χ4n) is 4.12. The van der Waals surface area contributed by atoms with E-state index >= 15 is 0 Å². The molecule has 1 aliphatic heterocycles. The lowest BCUT2D eigenvalue weighted by molar-refractivity contribution is -0.123. The molecule has 2 aliphatic carbocycles.